The molecule has 0 radical (unpaired) electrons. The van der Waals surface area contributed by atoms with E-state index < -0.39 is 0 Å². The van der Waals surface area contributed by atoms with E-state index in [9.17, 15) is 9.59 Å². The van der Waals surface area contributed by atoms with Crippen molar-refractivity contribution in [2.75, 3.05) is 7.11 Å². The number of para-hydroxylation sites is 1. The topological polar surface area (TPSA) is 71.2 Å². The van der Waals surface area contributed by atoms with Gasteiger partial charge < -0.3 is 15.0 Å². The number of aromatic amines is 1. The fourth-order valence-electron chi connectivity index (χ4n) is 2.16. The maximum atomic E-state index is 11.7. The standard InChI is InChI=1S/C15H18N2O3/c1-10-12(11-5-3-4-6-13(11)17-10)9-16-14(18)7-8-15(19)20-2/h3-6,17H,7-9H2,1-2H3,(H,16,18). The largest absolute Gasteiger partial charge is 0.469 e. The third kappa shape index (κ3) is 3.17. The third-order valence-electron chi connectivity index (χ3n) is 3.27. The second-order valence-corrected chi connectivity index (χ2v) is 4.63. The smallest absolute Gasteiger partial charge is 0.306 e. The Bertz CT molecular complexity index is 631. The maximum absolute atomic E-state index is 11.7. The Hall–Kier alpha value is -2.30. The Kier molecular flexibility index (Phi) is 4.40. The van der Waals surface area contributed by atoms with Crippen molar-refractivity contribution in [2.45, 2.75) is 26.3 Å². The number of esters is 1. The number of nitrogens with one attached hydrogen (secondary N) is 2. The van der Waals surface area contributed by atoms with Gasteiger partial charge in [0.2, 0.25) is 5.91 Å². The number of benzene rings is 1. The number of aromatic nitrogens is 1. The van der Waals surface area contributed by atoms with E-state index in [-0.39, 0.29) is 24.7 Å². The van der Waals surface area contributed by atoms with Gasteiger partial charge in [-0.15, -0.1) is 0 Å². The molecule has 1 aromatic heterocycles. The number of amides is 1. The Morgan fingerprint density at radius 1 is 1.25 bits per heavy atom. The highest BCUT2D eigenvalue weighted by molar-refractivity contribution is 5.85. The maximum Gasteiger partial charge on any atom is 0.306 e. The number of H-pyrrole nitrogens is 1. The number of aryl methyl sites for hydroxylation is 1. The second kappa shape index (κ2) is 6.23. The molecule has 2 aromatic rings. The summed E-state index contributed by atoms with van der Waals surface area (Å²) < 4.78 is 4.50. The molecule has 0 aliphatic heterocycles. The molecule has 5 heteroatoms. The monoisotopic (exact) mass is 274 g/mol. The van der Waals surface area contributed by atoms with E-state index in [4.69, 9.17) is 0 Å². The third-order valence-corrected chi connectivity index (χ3v) is 3.27. The van der Waals surface area contributed by atoms with E-state index in [1.54, 1.807) is 0 Å². The van der Waals surface area contributed by atoms with Gasteiger partial charge in [-0.1, -0.05) is 18.2 Å². The van der Waals surface area contributed by atoms with Gasteiger partial charge in [0.1, 0.15) is 0 Å². The van der Waals surface area contributed by atoms with Crippen molar-refractivity contribution in [3.8, 4) is 0 Å². The van der Waals surface area contributed by atoms with Gasteiger partial charge in [-0.2, -0.15) is 0 Å². The van der Waals surface area contributed by atoms with E-state index in [0.717, 1.165) is 22.2 Å². The van der Waals surface area contributed by atoms with Crippen molar-refractivity contribution in [2.24, 2.45) is 0 Å². The zero-order valence-electron chi connectivity index (χ0n) is 11.7. The molecule has 0 saturated carbocycles. The van der Waals surface area contributed by atoms with Crippen LogP contribution in [0.15, 0.2) is 24.3 Å². The molecular weight excluding hydrogens is 256 g/mol. The lowest BCUT2D eigenvalue weighted by Gasteiger charge is -2.05. The van der Waals surface area contributed by atoms with E-state index >= 15 is 0 Å². The number of hydrogen-bond donors (Lipinski definition) is 2. The molecule has 2 rings (SSSR count). The van der Waals surface area contributed by atoms with Crippen LogP contribution in [0.5, 0.6) is 0 Å². The van der Waals surface area contributed by atoms with Crippen LogP contribution in [0, 0.1) is 6.92 Å². The molecule has 1 heterocycles. The molecule has 0 bridgehead atoms. The molecule has 1 aromatic carbocycles. The van der Waals surface area contributed by atoms with Crippen LogP contribution in [0.1, 0.15) is 24.1 Å². The number of fused-ring (bicyclic) bond motifs is 1. The molecule has 0 atom stereocenters. The first-order chi connectivity index (χ1) is 9.61. The van der Waals surface area contributed by atoms with Crippen LogP contribution in [0.25, 0.3) is 10.9 Å². The highest BCUT2D eigenvalue weighted by atomic mass is 16.5. The lowest BCUT2D eigenvalue weighted by Crippen LogP contribution is -2.23. The quantitative estimate of drug-likeness (QED) is 0.820. The molecule has 0 aliphatic carbocycles. The summed E-state index contributed by atoms with van der Waals surface area (Å²) in [5, 5.41) is 3.94. The van der Waals surface area contributed by atoms with Gasteiger partial charge in [-0.3, -0.25) is 9.59 Å². The van der Waals surface area contributed by atoms with Crippen LogP contribution in [0.4, 0.5) is 0 Å². The Morgan fingerprint density at radius 2 is 2.00 bits per heavy atom. The van der Waals surface area contributed by atoms with Crippen molar-refractivity contribution >= 4 is 22.8 Å². The number of hydrogen-bond acceptors (Lipinski definition) is 3. The van der Waals surface area contributed by atoms with Gasteiger partial charge in [0, 0.05) is 29.6 Å². The second-order valence-electron chi connectivity index (χ2n) is 4.63. The van der Waals surface area contributed by atoms with E-state index in [1.807, 2.05) is 31.2 Å². The van der Waals surface area contributed by atoms with Gasteiger partial charge in [-0.25, -0.2) is 0 Å². The van der Waals surface area contributed by atoms with Crippen molar-refractivity contribution in [3.05, 3.63) is 35.5 Å². The molecule has 0 saturated heterocycles. The number of ether oxygens (including phenoxy) is 1. The average Bonchev–Trinajstić information content (AvgIpc) is 2.78. The van der Waals surface area contributed by atoms with Gasteiger partial charge >= 0.3 is 5.97 Å². The zero-order chi connectivity index (χ0) is 14.5. The summed E-state index contributed by atoms with van der Waals surface area (Å²) >= 11 is 0. The van der Waals surface area contributed by atoms with E-state index in [2.05, 4.69) is 15.0 Å². The minimum atomic E-state index is -0.372. The zero-order valence-corrected chi connectivity index (χ0v) is 11.7. The Labute approximate surface area is 117 Å². The first kappa shape index (κ1) is 14.1. The first-order valence-corrected chi connectivity index (χ1v) is 6.51. The minimum Gasteiger partial charge on any atom is -0.469 e. The van der Waals surface area contributed by atoms with Gasteiger partial charge in [-0.05, 0) is 18.6 Å². The molecule has 2 N–H and O–H groups in total. The molecule has 0 fully saturated rings. The summed E-state index contributed by atoms with van der Waals surface area (Å²) in [4.78, 5) is 25.9. The molecule has 106 valence electrons. The first-order valence-electron chi connectivity index (χ1n) is 6.51. The molecular formula is C15H18N2O3. The van der Waals surface area contributed by atoms with E-state index in [1.165, 1.54) is 7.11 Å². The van der Waals surface area contributed by atoms with Crippen molar-refractivity contribution in [1.29, 1.82) is 0 Å². The summed E-state index contributed by atoms with van der Waals surface area (Å²) in [5.74, 6) is -0.525. The Balaban J connectivity index is 1.97. The van der Waals surface area contributed by atoms with Crippen molar-refractivity contribution in [3.63, 3.8) is 0 Å². The number of carbonyl (C=O) groups is 2. The number of carbonyl (C=O) groups excluding carboxylic acids is 2. The van der Waals surface area contributed by atoms with Crippen molar-refractivity contribution < 1.29 is 14.3 Å². The molecule has 0 spiro atoms. The molecule has 1 amide bonds. The van der Waals surface area contributed by atoms with Gasteiger partial charge in [0.25, 0.3) is 0 Å². The van der Waals surface area contributed by atoms with Crippen LogP contribution in [-0.4, -0.2) is 24.0 Å². The van der Waals surface area contributed by atoms with Crippen LogP contribution >= 0.6 is 0 Å². The Morgan fingerprint density at radius 3 is 2.75 bits per heavy atom. The summed E-state index contributed by atoms with van der Waals surface area (Å²) in [7, 11) is 1.32. The highest BCUT2D eigenvalue weighted by Gasteiger charge is 2.10. The summed E-state index contributed by atoms with van der Waals surface area (Å²) in [6.07, 6.45) is 0.253. The van der Waals surface area contributed by atoms with Gasteiger partial charge in [0.15, 0.2) is 0 Å². The lowest BCUT2D eigenvalue weighted by molar-refractivity contribution is -0.142. The molecule has 0 unspecified atom stereocenters. The molecule has 5 nitrogen and oxygen atoms in total. The minimum absolute atomic E-state index is 0.106. The molecule has 0 aliphatic rings. The lowest BCUT2D eigenvalue weighted by atomic mass is 10.1. The predicted molar refractivity (Wildman–Crippen MR) is 76.1 cm³/mol. The van der Waals surface area contributed by atoms with E-state index in [0.29, 0.717) is 6.54 Å². The van der Waals surface area contributed by atoms with Crippen LogP contribution in [0.3, 0.4) is 0 Å². The van der Waals surface area contributed by atoms with Crippen LogP contribution in [0.2, 0.25) is 0 Å². The SMILES string of the molecule is COC(=O)CCC(=O)NCc1c(C)[nH]c2ccccc12. The average molecular weight is 274 g/mol. The molecule has 20 heavy (non-hydrogen) atoms. The van der Waals surface area contributed by atoms with Gasteiger partial charge in [0.05, 0.1) is 13.5 Å². The summed E-state index contributed by atoms with van der Waals surface area (Å²) in [6, 6.07) is 7.97. The number of methoxy groups -OCH3 is 1. The normalized spacial score (nSPS) is 10.5. The fourth-order valence-corrected chi connectivity index (χ4v) is 2.16. The van der Waals surface area contributed by atoms with Crippen molar-refractivity contribution in [1.82, 2.24) is 10.3 Å². The summed E-state index contributed by atoms with van der Waals surface area (Å²) in [5.41, 5.74) is 3.18. The highest BCUT2D eigenvalue weighted by Crippen LogP contribution is 2.21. The van der Waals surface area contributed by atoms with Crippen LogP contribution in [-0.2, 0) is 20.9 Å². The number of rotatable bonds is 5. The fraction of sp³-hybridized carbons (Fsp3) is 0.333. The summed E-state index contributed by atoms with van der Waals surface area (Å²) in [6.45, 7) is 2.44. The van der Waals surface area contributed by atoms with Crippen LogP contribution < -0.4 is 5.32 Å². The predicted octanol–water partition coefficient (Wildman–Crippen LogP) is 2.05.